The van der Waals surface area contributed by atoms with Crippen LogP contribution in [0.2, 0.25) is 0 Å². The van der Waals surface area contributed by atoms with E-state index in [1.165, 1.54) is 5.69 Å². The number of carbonyl (C=O) groups is 1. The van der Waals surface area contributed by atoms with Crippen LogP contribution in [0, 0.1) is 11.3 Å². The molecule has 0 atom stereocenters. The third kappa shape index (κ3) is 4.18. The molecule has 0 N–H and O–H groups in total. The van der Waals surface area contributed by atoms with Crippen molar-refractivity contribution in [3.8, 4) is 6.07 Å². The summed E-state index contributed by atoms with van der Waals surface area (Å²) >= 11 is 0. The molecule has 1 aliphatic heterocycles. The third-order valence-electron chi connectivity index (χ3n) is 5.78. The van der Waals surface area contributed by atoms with E-state index in [1.54, 1.807) is 6.92 Å². The zero-order chi connectivity index (χ0) is 20.2. The number of benzene rings is 2. The molecule has 29 heavy (non-hydrogen) atoms. The number of rotatable bonds is 6. The minimum atomic E-state index is 0.124. The fraction of sp³-hybridized carbons (Fsp3) is 0.333. The van der Waals surface area contributed by atoms with Crippen molar-refractivity contribution in [2.45, 2.75) is 19.9 Å². The monoisotopic (exact) mass is 386 g/mol. The van der Waals surface area contributed by atoms with E-state index in [0.29, 0.717) is 5.56 Å². The van der Waals surface area contributed by atoms with Crippen molar-refractivity contribution in [1.82, 2.24) is 9.47 Å². The van der Waals surface area contributed by atoms with Crippen LogP contribution >= 0.6 is 0 Å². The van der Waals surface area contributed by atoms with Gasteiger partial charge in [-0.2, -0.15) is 5.26 Å². The Labute approximate surface area is 171 Å². The summed E-state index contributed by atoms with van der Waals surface area (Å²) in [5.41, 5.74) is 3.86. The molecule has 1 aliphatic rings. The van der Waals surface area contributed by atoms with E-state index in [-0.39, 0.29) is 5.78 Å². The van der Waals surface area contributed by atoms with E-state index in [1.807, 2.05) is 48.7 Å². The molecular weight excluding hydrogens is 360 g/mol. The first-order valence-corrected chi connectivity index (χ1v) is 10.2. The summed E-state index contributed by atoms with van der Waals surface area (Å²) in [6.45, 7) is 7.72. The van der Waals surface area contributed by atoms with Gasteiger partial charge in [0, 0.05) is 61.1 Å². The van der Waals surface area contributed by atoms with Gasteiger partial charge in [-0.25, -0.2) is 0 Å². The van der Waals surface area contributed by atoms with Gasteiger partial charge in [0.2, 0.25) is 0 Å². The summed E-state index contributed by atoms with van der Waals surface area (Å²) in [6, 6.07) is 18.2. The van der Waals surface area contributed by atoms with E-state index >= 15 is 0 Å². The standard InChI is InChI=1S/C24H26N4O/c1-19(29)23-18-28(24-6-3-2-5-22(23)24)12-4-11-26-13-15-27(16-14-26)21-9-7-20(17-25)8-10-21/h2-3,5-10,18H,4,11-16H2,1H3. The zero-order valence-corrected chi connectivity index (χ0v) is 16.8. The molecule has 0 aliphatic carbocycles. The number of ketones is 1. The van der Waals surface area contributed by atoms with Crippen molar-refractivity contribution in [3.63, 3.8) is 0 Å². The number of hydrogen-bond donors (Lipinski definition) is 0. The molecule has 4 rings (SSSR count). The van der Waals surface area contributed by atoms with Gasteiger partial charge in [0.15, 0.2) is 5.78 Å². The average molecular weight is 386 g/mol. The van der Waals surface area contributed by atoms with E-state index in [0.717, 1.165) is 62.2 Å². The number of nitrogens with zero attached hydrogens (tertiary/aromatic N) is 4. The van der Waals surface area contributed by atoms with Gasteiger partial charge >= 0.3 is 0 Å². The fourth-order valence-electron chi connectivity index (χ4n) is 4.15. The van der Waals surface area contributed by atoms with Crippen LogP contribution in [0.1, 0.15) is 29.3 Å². The Morgan fingerprint density at radius 2 is 1.72 bits per heavy atom. The van der Waals surface area contributed by atoms with Gasteiger partial charge in [-0.1, -0.05) is 18.2 Å². The Balaban J connectivity index is 1.31. The normalized spacial score (nSPS) is 14.8. The minimum absolute atomic E-state index is 0.124. The predicted molar refractivity (Wildman–Crippen MR) is 116 cm³/mol. The largest absolute Gasteiger partial charge is 0.369 e. The van der Waals surface area contributed by atoms with Crippen LogP contribution in [0.5, 0.6) is 0 Å². The molecule has 2 heterocycles. The van der Waals surface area contributed by atoms with Crippen LogP contribution in [0.4, 0.5) is 5.69 Å². The van der Waals surface area contributed by atoms with Crippen LogP contribution < -0.4 is 4.90 Å². The van der Waals surface area contributed by atoms with Crippen molar-refractivity contribution in [1.29, 1.82) is 5.26 Å². The van der Waals surface area contributed by atoms with Crippen LogP contribution in [-0.4, -0.2) is 48.0 Å². The van der Waals surface area contributed by atoms with E-state index in [9.17, 15) is 4.79 Å². The maximum absolute atomic E-state index is 11.9. The second-order valence-corrected chi connectivity index (χ2v) is 7.65. The Bertz CT molecular complexity index is 1040. The maximum Gasteiger partial charge on any atom is 0.161 e. The smallest absolute Gasteiger partial charge is 0.161 e. The summed E-state index contributed by atoms with van der Waals surface area (Å²) < 4.78 is 2.22. The van der Waals surface area contributed by atoms with Crippen molar-refractivity contribution in [2.24, 2.45) is 0 Å². The maximum atomic E-state index is 11.9. The van der Waals surface area contributed by atoms with Crippen molar-refractivity contribution >= 4 is 22.4 Å². The molecule has 148 valence electrons. The predicted octanol–water partition coefficient (Wildman–Crippen LogP) is 3.93. The molecule has 0 saturated carbocycles. The summed E-state index contributed by atoms with van der Waals surface area (Å²) in [5, 5.41) is 9.99. The molecule has 3 aromatic rings. The van der Waals surface area contributed by atoms with E-state index < -0.39 is 0 Å². The Hall–Kier alpha value is -3.10. The number of nitriles is 1. The number of aromatic nitrogens is 1. The molecule has 1 fully saturated rings. The van der Waals surface area contributed by atoms with Crippen molar-refractivity contribution in [3.05, 3.63) is 65.9 Å². The Morgan fingerprint density at radius 3 is 2.41 bits per heavy atom. The molecule has 1 aromatic heterocycles. The highest BCUT2D eigenvalue weighted by Gasteiger charge is 2.17. The number of hydrogen-bond acceptors (Lipinski definition) is 4. The number of piperazine rings is 1. The van der Waals surface area contributed by atoms with Crippen molar-refractivity contribution in [2.75, 3.05) is 37.6 Å². The Morgan fingerprint density at radius 1 is 1.00 bits per heavy atom. The number of fused-ring (bicyclic) bond motifs is 1. The van der Waals surface area contributed by atoms with Crippen molar-refractivity contribution < 1.29 is 4.79 Å². The lowest BCUT2D eigenvalue weighted by molar-refractivity contribution is 0.101. The van der Waals surface area contributed by atoms with Gasteiger partial charge in [0.25, 0.3) is 0 Å². The van der Waals surface area contributed by atoms with Gasteiger partial charge in [-0.3, -0.25) is 9.69 Å². The SMILES string of the molecule is CC(=O)c1cn(CCCN2CCN(c3ccc(C#N)cc3)CC2)c2ccccc12. The molecule has 0 amide bonds. The molecule has 2 aromatic carbocycles. The van der Waals surface area contributed by atoms with Crippen LogP contribution in [0.15, 0.2) is 54.7 Å². The highest BCUT2D eigenvalue weighted by Crippen LogP contribution is 2.22. The number of para-hydroxylation sites is 1. The lowest BCUT2D eigenvalue weighted by atomic mass is 10.1. The minimum Gasteiger partial charge on any atom is -0.369 e. The van der Waals surface area contributed by atoms with E-state index in [4.69, 9.17) is 5.26 Å². The van der Waals surface area contributed by atoms with Crippen LogP contribution in [0.3, 0.4) is 0 Å². The second kappa shape index (κ2) is 8.50. The van der Waals surface area contributed by atoms with Gasteiger partial charge in [-0.05, 0) is 50.2 Å². The number of Topliss-reactive ketones (excluding diaryl/α,β-unsaturated/α-hetero) is 1. The fourth-order valence-corrected chi connectivity index (χ4v) is 4.15. The van der Waals surface area contributed by atoms with Gasteiger partial charge < -0.3 is 9.47 Å². The average Bonchev–Trinajstić information content (AvgIpc) is 3.13. The summed E-state index contributed by atoms with van der Waals surface area (Å²) in [7, 11) is 0. The first-order chi connectivity index (χ1) is 14.2. The van der Waals surface area contributed by atoms with Gasteiger partial charge in [0.1, 0.15) is 0 Å². The number of aryl methyl sites for hydroxylation is 1. The molecule has 0 bridgehead atoms. The summed E-state index contributed by atoms with van der Waals surface area (Å²) in [5.74, 6) is 0.124. The molecule has 1 saturated heterocycles. The molecule has 0 unspecified atom stereocenters. The number of anilines is 1. The summed E-state index contributed by atoms with van der Waals surface area (Å²) in [6.07, 6.45) is 3.07. The van der Waals surface area contributed by atoms with Gasteiger partial charge in [0.05, 0.1) is 11.6 Å². The van der Waals surface area contributed by atoms with Crippen LogP contribution in [-0.2, 0) is 6.54 Å². The van der Waals surface area contributed by atoms with Crippen LogP contribution in [0.25, 0.3) is 10.9 Å². The highest BCUT2D eigenvalue weighted by molar-refractivity contribution is 6.06. The highest BCUT2D eigenvalue weighted by atomic mass is 16.1. The molecule has 0 spiro atoms. The molecular formula is C24H26N4O. The molecule has 5 nitrogen and oxygen atoms in total. The molecule has 0 radical (unpaired) electrons. The lowest BCUT2D eigenvalue weighted by Gasteiger charge is -2.36. The first kappa shape index (κ1) is 19.2. The Kier molecular flexibility index (Phi) is 5.64. The second-order valence-electron chi connectivity index (χ2n) is 7.65. The first-order valence-electron chi connectivity index (χ1n) is 10.2. The zero-order valence-electron chi connectivity index (χ0n) is 16.8. The van der Waals surface area contributed by atoms with Gasteiger partial charge in [-0.15, -0.1) is 0 Å². The quantitative estimate of drug-likeness (QED) is 0.603. The third-order valence-corrected chi connectivity index (χ3v) is 5.78. The van der Waals surface area contributed by atoms with E-state index in [2.05, 4.69) is 26.5 Å². The molecule has 5 heteroatoms. The lowest BCUT2D eigenvalue weighted by Crippen LogP contribution is -2.46. The topological polar surface area (TPSA) is 52.3 Å². The number of carbonyl (C=O) groups excluding carboxylic acids is 1. The summed E-state index contributed by atoms with van der Waals surface area (Å²) in [4.78, 5) is 16.8.